The normalized spacial score (nSPS) is 11.3. The first-order valence-electron chi connectivity index (χ1n) is 9.85. The second kappa shape index (κ2) is 9.11. The fourth-order valence-corrected chi connectivity index (χ4v) is 3.09. The van der Waals surface area contributed by atoms with E-state index in [1.165, 1.54) is 18.2 Å². The quantitative estimate of drug-likeness (QED) is 0.332. The van der Waals surface area contributed by atoms with Crippen LogP contribution < -0.4 is 20.1 Å². The van der Waals surface area contributed by atoms with Gasteiger partial charge < -0.3 is 14.8 Å². The molecule has 0 atom stereocenters. The topological polar surface area (TPSA) is 88.3 Å². The van der Waals surface area contributed by atoms with Crippen LogP contribution in [0.25, 0.3) is 10.9 Å². The molecule has 0 saturated heterocycles. The minimum atomic E-state index is -4.76. The van der Waals surface area contributed by atoms with Gasteiger partial charge in [0, 0.05) is 17.1 Å². The van der Waals surface area contributed by atoms with Crippen LogP contribution in [0.1, 0.15) is 11.1 Å². The molecule has 0 bridgehead atoms. The zero-order chi connectivity index (χ0) is 23.4. The molecular weight excluding hydrogens is 437 g/mol. The van der Waals surface area contributed by atoms with Gasteiger partial charge in [0.25, 0.3) is 0 Å². The van der Waals surface area contributed by atoms with Crippen LogP contribution in [0.4, 0.5) is 29.5 Å². The fraction of sp³-hybridized carbons (Fsp3) is 0.130. The lowest BCUT2D eigenvalue weighted by Gasteiger charge is -2.11. The fourth-order valence-electron chi connectivity index (χ4n) is 3.09. The van der Waals surface area contributed by atoms with E-state index in [4.69, 9.17) is 4.74 Å². The van der Waals surface area contributed by atoms with Crippen LogP contribution in [0.15, 0.2) is 66.7 Å². The molecule has 2 amide bonds. The predicted molar refractivity (Wildman–Crippen MR) is 117 cm³/mol. The van der Waals surface area contributed by atoms with Gasteiger partial charge in [-0.3, -0.25) is 10.4 Å². The number of nitrogens with one attached hydrogen (secondary N) is 3. The van der Waals surface area contributed by atoms with Crippen molar-refractivity contribution in [3.05, 3.63) is 77.9 Å². The second-order valence-electron chi connectivity index (χ2n) is 7.21. The van der Waals surface area contributed by atoms with E-state index in [9.17, 15) is 18.0 Å². The molecule has 0 aliphatic carbocycles. The number of H-pyrrole nitrogens is 1. The summed E-state index contributed by atoms with van der Waals surface area (Å²) in [5.74, 6) is 0.509. The Balaban J connectivity index is 1.39. The Hall–Kier alpha value is -4.21. The minimum absolute atomic E-state index is 0.0404. The van der Waals surface area contributed by atoms with E-state index in [2.05, 4.69) is 25.6 Å². The van der Waals surface area contributed by atoms with Crippen molar-refractivity contribution in [3.8, 4) is 11.5 Å². The van der Waals surface area contributed by atoms with E-state index in [-0.39, 0.29) is 12.4 Å². The number of carbonyl (C=O) groups is 1. The maximum atomic E-state index is 12.4. The number of hydrogen-bond acceptors (Lipinski definition) is 4. The number of urea groups is 1. The molecule has 7 nitrogen and oxygen atoms in total. The molecule has 10 heteroatoms. The lowest BCUT2D eigenvalue weighted by molar-refractivity contribution is -0.274. The lowest BCUT2D eigenvalue weighted by atomic mass is 10.2. The highest BCUT2D eigenvalue weighted by Gasteiger charge is 2.31. The highest BCUT2D eigenvalue weighted by atomic mass is 19.4. The van der Waals surface area contributed by atoms with Gasteiger partial charge in [0.1, 0.15) is 18.1 Å². The first-order chi connectivity index (χ1) is 15.7. The number of amides is 2. The van der Waals surface area contributed by atoms with E-state index >= 15 is 0 Å². The van der Waals surface area contributed by atoms with E-state index in [0.717, 1.165) is 5.56 Å². The van der Waals surface area contributed by atoms with Crippen LogP contribution in [-0.4, -0.2) is 22.6 Å². The number of rotatable bonds is 6. The summed E-state index contributed by atoms with van der Waals surface area (Å²) in [7, 11) is 0. The minimum Gasteiger partial charge on any atom is -0.489 e. The van der Waals surface area contributed by atoms with Crippen molar-refractivity contribution in [2.24, 2.45) is 0 Å². The molecule has 0 aliphatic heterocycles. The Bertz CT molecular complexity index is 1270. The number of anilines is 2. The molecule has 3 aromatic carbocycles. The number of carbonyl (C=O) groups excluding carboxylic acids is 1. The number of benzene rings is 3. The molecule has 170 valence electrons. The summed E-state index contributed by atoms with van der Waals surface area (Å²) >= 11 is 0. The van der Waals surface area contributed by atoms with Crippen molar-refractivity contribution in [2.75, 3.05) is 10.6 Å². The van der Waals surface area contributed by atoms with Crippen LogP contribution in [0.3, 0.4) is 0 Å². The summed E-state index contributed by atoms with van der Waals surface area (Å²) in [5, 5.41) is 13.0. The summed E-state index contributed by atoms with van der Waals surface area (Å²) in [6.45, 7) is 2.00. The summed E-state index contributed by atoms with van der Waals surface area (Å²) in [5.41, 5.74) is 2.86. The monoisotopic (exact) mass is 456 g/mol. The van der Waals surface area contributed by atoms with Gasteiger partial charge in [-0.1, -0.05) is 29.8 Å². The Morgan fingerprint density at radius 3 is 2.55 bits per heavy atom. The maximum absolute atomic E-state index is 12.4. The summed E-state index contributed by atoms with van der Waals surface area (Å²) in [4.78, 5) is 12.3. The Morgan fingerprint density at radius 1 is 1.00 bits per heavy atom. The number of aromatic nitrogens is 2. The maximum Gasteiger partial charge on any atom is 0.573 e. The molecule has 33 heavy (non-hydrogen) atoms. The highest BCUT2D eigenvalue weighted by Crippen LogP contribution is 2.27. The molecule has 4 aromatic rings. The van der Waals surface area contributed by atoms with Crippen LogP contribution in [0.2, 0.25) is 0 Å². The number of alkyl halides is 3. The first-order valence-corrected chi connectivity index (χ1v) is 9.85. The van der Waals surface area contributed by atoms with E-state index in [1.54, 1.807) is 36.4 Å². The molecule has 0 radical (unpaired) electrons. The number of nitrogens with zero attached hydrogens (tertiary/aromatic N) is 1. The second-order valence-corrected chi connectivity index (χ2v) is 7.21. The summed E-state index contributed by atoms with van der Waals surface area (Å²) in [6.07, 6.45) is -4.76. The van der Waals surface area contributed by atoms with Crippen LogP contribution in [0.5, 0.6) is 11.5 Å². The van der Waals surface area contributed by atoms with Gasteiger partial charge >= 0.3 is 12.4 Å². The van der Waals surface area contributed by atoms with Gasteiger partial charge in [-0.2, -0.15) is 5.10 Å². The van der Waals surface area contributed by atoms with Gasteiger partial charge in [-0.05, 0) is 48.9 Å². The van der Waals surface area contributed by atoms with E-state index in [0.29, 0.717) is 33.7 Å². The van der Waals surface area contributed by atoms with Crippen LogP contribution in [0, 0.1) is 6.92 Å². The molecule has 1 aromatic heterocycles. The Kier molecular flexibility index (Phi) is 6.07. The van der Waals surface area contributed by atoms with Gasteiger partial charge in [0.2, 0.25) is 0 Å². The third-order valence-electron chi connectivity index (χ3n) is 4.61. The molecule has 0 unspecified atom stereocenters. The SMILES string of the molecule is Cc1ccc(NC(=O)Nc2n[nH]c3cc(OCc4cccc(OC(F)(F)F)c4)ccc23)cc1. The number of hydrogen-bond donors (Lipinski definition) is 3. The van der Waals surface area contributed by atoms with Crippen molar-refractivity contribution < 1.29 is 27.4 Å². The standard InChI is InChI=1S/C23H19F3N4O3/c1-14-5-7-16(8-6-14)27-22(31)28-21-19-10-9-17(12-20(19)29-30-21)32-13-15-3-2-4-18(11-15)33-23(24,25)26/h2-12H,13H2,1H3,(H3,27,28,29,30,31). The van der Waals surface area contributed by atoms with Gasteiger partial charge in [0.05, 0.1) is 5.52 Å². The molecule has 0 saturated carbocycles. The first kappa shape index (κ1) is 22.0. The summed E-state index contributed by atoms with van der Waals surface area (Å²) < 4.78 is 46.8. The smallest absolute Gasteiger partial charge is 0.489 e. The Labute approximate surface area is 186 Å². The van der Waals surface area contributed by atoms with Crippen molar-refractivity contribution in [3.63, 3.8) is 0 Å². The van der Waals surface area contributed by atoms with Crippen LogP contribution >= 0.6 is 0 Å². The third-order valence-corrected chi connectivity index (χ3v) is 4.61. The van der Waals surface area contributed by atoms with Gasteiger partial charge in [-0.25, -0.2) is 4.79 Å². The molecule has 0 aliphatic rings. The van der Waals surface area contributed by atoms with Crippen molar-refractivity contribution in [1.82, 2.24) is 10.2 Å². The van der Waals surface area contributed by atoms with E-state index in [1.807, 2.05) is 19.1 Å². The number of ether oxygens (including phenoxy) is 2. The molecular formula is C23H19F3N4O3. The number of fused-ring (bicyclic) bond motifs is 1. The molecule has 1 heterocycles. The largest absolute Gasteiger partial charge is 0.573 e. The van der Waals surface area contributed by atoms with Crippen molar-refractivity contribution in [1.29, 1.82) is 0 Å². The predicted octanol–water partition coefficient (Wildman–Crippen LogP) is 5.99. The number of halogens is 3. The Morgan fingerprint density at radius 2 is 1.79 bits per heavy atom. The number of aromatic amines is 1. The zero-order valence-corrected chi connectivity index (χ0v) is 17.4. The average molecular weight is 456 g/mol. The zero-order valence-electron chi connectivity index (χ0n) is 17.4. The molecule has 0 spiro atoms. The number of aryl methyl sites for hydroxylation is 1. The molecule has 0 fully saturated rings. The van der Waals surface area contributed by atoms with Crippen molar-refractivity contribution in [2.45, 2.75) is 19.9 Å². The van der Waals surface area contributed by atoms with Crippen LogP contribution in [-0.2, 0) is 6.61 Å². The highest BCUT2D eigenvalue weighted by molar-refractivity contribution is 6.04. The van der Waals surface area contributed by atoms with Gasteiger partial charge in [-0.15, -0.1) is 13.2 Å². The van der Waals surface area contributed by atoms with Crippen molar-refractivity contribution >= 4 is 28.4 Å². The third kappa shape index (κ3) is 5.94. The summed E-state index contributed by atoms with van der Waals surface area (Å²) in [6, 6.07) is 17.6. The molecule has 3 N–H and O–H groups in total. The average Bonchev–Trinajstić information content (AvgIpc) is 3.15. The van der Waals surface area contributed by atoms with Gasteiger partial charge in [0.15, 0.2) is 5.82 Å². The molecule has 4 rings (SSSR count). The lowest BCUT2D eigenvalue weighted by Crippen LogP contribution is -2.19. The van der Waals surface area contributed by atoms with E-state index < -0.39 is 12.4 Å².